The van der Waals surface area contributed by atoms with E-state index in [4.69, 9.17) is 9.47 Å². The van der Waals surface area contributed by atoms with E-state index >= 15 is 0 Å². The predicted octanol–water partition coefficient (Wildman–Crippen LogP) is -0.440. The Labute approximate surface area is 161 Å². The minimum absolute atomic E-state index is 0.486. The van der Waals surface area contributed by atoms with Crippen LogP contribution >= 0.6 is 0 Å². The van der Waals surface area contributed by atoms with Crippen molar-refractivity contribution in [1.82, 2.24) is 10.2 Å². The Morgan fingerprint density at radius 3 is 2.79 bits per heavy atom. The minimum atomic E-state index is -1.45. The van der Waals surface area contributed by atoms with Crippen LogP contribution in [-0.4, -0.2) is 81.0 Å². The van der Waals surface area contributed by atoms with Gasteiger partial charge in [-0.1, -0.05) is 17.9 Å². The highest BCUT2D eigenvalue weighted by Crippen LogP contribution is 2.27. The molecule has 0 bridgehead atoms. The number of aromatic nitrogens is 2. The van der Waals surface area contributed by atoms with Gasteiger partial charge in [-0.3, -0.25) is 5.10 Å². The Morgan fingerprint density at radius 2 is 2.04 bits per heavy atom. The van der Waals surface area contributed by atoms with Gasteiger partial charge in [-0.05, 0) is 29.7 Å². The quantitative estimate of drug-likeness (QED) is 0.443. The number of rotatable bonds is 2. The molecular formula is C20H22N2O6. The van der Waals surface area contributed by atoms with Crippen molar-refractivity contribution in [2.45, 2.75) is 36.9 Å². The summed E-state index contributed by atoms with van der Waals surface area (Å²) in [5, 5.41) is 47.2. The van der Waals surface area contributed by atoms with E-state index in [1.54, 1.807) is 6.20 Å². The highest BCUT2D eigenvalue weighted by Gasteiger charge is 2.42. The third kappa shape index (κ3) is 3.56. The van der Waals surface area contributed by atoms with E-state index < -0.39 is 37.1 Å². The number of hydrogen-bond acceptors (Lipinski definition) is 7. The number of hydrogen-bond donors (Lipinski definition) is 5. The summed E-state index contributed by atoms with van der Waals surface area (Å²) in [6, 6.07) is 3.98. The standard InChI is InChI=1S/C20H22N2O6/c23-10-16-19(25)20(26)18(24)15(28-16)2-1-12-7-13(11-3-5-27-6-4-11)8-14-9-21-22-17(12)14/h3,7-9,15-16,18-20,23-26H,4-6,10H2,(H,21,22)/t15-,16-,18-,19-,20-/m1/s1. The number of aliphatic hydroxyl groups excluding tert-OH is 4. The molecule has 8 nitrogen and oxygen atoms in total. The second kappa shape index (κ2) is 8.01. The smallest absolute Gasteiger partial charge is 0.147 e. The number of H-pyrrole nitrogens is 1. The fraction of sp³-hybridized carbons (Fsp3) is 0.450. The number of nitrogens with zero attached hydrogens (tertiary/aromatic N) is 1. The summed E-state index contributed by atoms with van der Waals surface area (Å²) < 4.78 is 10.8. The normalized spacial score (nSPS) is 30.6. The van der Waals surface area contributed by atoms with Crippen molar-refractivity contribution in [3.63, 3.8) is 0 Å². The highest BCUT2D eigenvalue weighted by molar-refractivity contribution is 5.88. The van der Waals surface area contributed by atoms with Crippen LogP contribution in [0.5, 0.6) is 0 Å². The molecule has 0 radical (unpaired) electrons. The molecule has 1 saturated heterocycles. The average Bonchev–Trinajstić information content (AvgIpc) is 3.21. The summed E-state index contributed by atoms with van der Waals surface area (Å²) in [5.74, 6) is 5.81. The average molecular weight is 386 g/mol. The lowest BCUT2D eigenvalue weighted by molar-refractivity contribution is -0.214. The zero-order valence-electron chi connectivity index (χ0n) is 15.1. The number of aromatic amines is 1. The SMILES string of the molecule is OC[C@H]1O[C@H](C#Cc2cc(C3=CCOCC3)cc3cn[nH]c23)[C@@H](O)[C@@H](O)[C@@H]1O. The molecule has 3 heterocycles. The van der Waals surface area contributed by atoms with Gasteiger partial charge in [-0.15, -0.1) is 0 Å². The van der Waals surface area contributed by atoms with Crippen LogP contribution in [0.25, 0.3) is 16.5 Å². The molecule has 0 unspecified atom stereocenters. The minimum Gasteiger partial charge on any atom is -0.394 e. The summed E-state index contributed by atoms with van der Waals surface area (Å²) in [4.78, 5) is 0. The maximum atomic E-state index is 10.2. The van der Waals surface area contributed by atoms with Gasteiger partial charge in [0.1, 0.15) is 30.5 Å². The Hall–Kier alpha value is -2.25. The van der Waals surface area contributed by atoms with Crippen molar-refractivity contribution in [2.24, 2.45) is 0 Å². The molecule has 0 amide bonds. The summed E-state index contributed by atoms with van der Waals surface area (Å²) in [6.07, 6.45) is -1.69. The molecule has 0 saturated carbocycles. The Balaban J connectivity index is 1.68. The van der Waals surface area contributed by atoms with Crippen molar-refractivity contribution in [2.75, 3.05) is 19.8 Å². The zero-order valence-corrected chi connectivity index (χ0v) is 15.1. The molecule has 5 N–H and O–H groups in total. The Kier molecular flexibility index (Phi) is 5.46. The molecule has 1 fully saturated rings. The van der Waals surface area contributed by atoms with Gasteiger partial charge in [0.05, 0.1) is 37.1 Å². The molecule has 0 spiro atoms. The first-order valence-corrected chi connectivity index (χ1v) is 9.15. The fourth-order valence-corrected chi connectivity index (χ4v) is 3.50. The van der Waals surface area contributed by atoms with E-state index in [0.29, 0.717) is 18.8 Å². The van der Waals surface area contributed by atoms with Gasteiger partial charge in [0, 0.05) is 5.39 Å². The third-order valence-electron chi connectivity index (χ3n) is 5.12. The lowest BCUT2D eigenvalue weighted by Gasteiger charge is -2.37. The van der Waals surface area contributed by atoms with Crippen LogP contribution < -0.4 is 0 Å². The Morgan fingerprint density at radius 1 is 1.18 bits per heavy atom. The molecular weight excluding hydrogens is 364 g/mol. The van der Waals surface area contributed by atoms with E-state index in [2.05, 4.69) is 22.0 Å². The van der Waals surface area contributed by atoms with Crippen molar-refractivity contribution < 1.29 is 29.9 Å². The number of nitrogens with one attached hydrogen (secondary N) is 1. The van der Waals surface area contributed by atoms with E-state index in [-0.39, 0.29) is 0 Å². The van der Waals surface area contributed by atoms with E-state index in [1.807, 2.05) is 18.2 Å². The number of fused-ring (bicyclic) bond motifs is 1. The second-order valence-electron chi connectivity index (χ2n) is 6.93. The number of ether oxygens (including phenoxy) is 2. The molecule has 2 aliphatic rings. The predicted molar refractivity (Wildman–Crippen MR) is 100 cm³/mol. The second-order valence-corrected chi connectivity index (χ2v) is 6.93. The molecule has 5 atom stereocenters. The number of aliphatic hydroxyl groups is 4. The molecule has 2 aromatic rings. The van der Waals surface area contributed by atoms with Crippen molar-refractivity contribution >= 4 is 16.5 Å². The highest BCUT2D eigenvalue weighted by atomic mass is 16.5. The van der Waals surface area contributed by atoms with Crippen LogP contribution in [0.15, 0.2) is 24.4 Å². The van der Waals surface area contributed by atoms with Crippen LogP contribution in [-0.2, 0) is 9.47 Å². The fourth-order valence-electron chi connectivity index (χ4n) is 3.50. The summed E-state index contributed by atoms with van der Waals surface area (Å²) in [7, 11) is 0. The molecule has 8 heteroatoms. The van der Waals surface area contributed by atoms with Gasteiger partial charge in [0.2, 0.25) is 0 Å². The van der Waals surface area contributed by atoms with Gasteiger partial charge < -0.3 is 29.9 Å². The van der Waals surface area contributed by atoms with Crippen molar-refractivity contribution in [1.29, 1.82) is 0 Å². The van der Waals surface area contributed by atoms with Crippen LogP contribution in [0.1, 0.15) is 17.5 Å². The van der Waals surface area contributed by atoms with Crippen LogP contribution in [0, 0.1) is 11.8 Å². The summed E-state index contributed by atoms with van der Waals surface area (Å²) >= 11 is 0. The summed E-state index contributed by atoms with van der Waals surface area (Å²) in [5.41, 5.74) is 3.63. The lowest BCUT2D eigenvalue weighted by atomic mass is 9.94. The van der Waals surface area contributed by atoms with Gasteiger partial charge in [-0.2, -0.15) is 5.10 Å². The van der Waals surface area contributed by atoms with Gasteiger partial charge in [-0.25, -0.2) is 0 Å². The monoisotopic (exact) mass is 386 g/mol. The molecule has 148 valence electrons. The molecule has 1 aromatic carbocycles. The molecule has 4 rings (SSSR count). The van der Waals surface area contributed by atoms with Crippen molar-refractivity contribution in [3.8, 4) is 11.8 Å². The Bertz CT molecular complexity index is 941. The third-order valence-corrected chi connectivity index (χ3v) is 5.12. The van der Waals surface area contributed by atoms with Crippen molar-refractivity contribution in [3.05, 3.63) is 35.5 Å². The van der Waals surface area contributed by atoms with E-state index in [1.165, 1.54) is 5.57 Å². The van der Waals surface area contributed by atoms with E-state index in [9.17, 15) is 20.4 Å². The van der Waals surface area contributed by atoms with Gasteiger partial charge in [0.15, 0.2) is 0 Å². The van der Waals surface area contributed by atoms with Gasteiger partial charge in [0.25, 0.3) is 0 Å². The first kappa shape index (κ1) is 19.1. The summed E-state index contributed by atoms with van der Waals surface area (Å²) in [6.45, 7) is 0.755. The first-order valence-electron chi connectivity index (χ1n) is 9.15. The molecule has 2 aliphatic heterocycles. The topological polar surface area (TPSA) is 128 Å². The van der Waals surface area contributed by atoms with Gasteiger partial charge >= 0.3 is 0 Å². The molecule has 0 aliphatic carbocycles. The maximum absolute atomic E-state index is 10.2. The molecule has 1 aromatic heterocycles. The maximum Gasteiger partial charge on any atom is 0.147 e. The lowest BCUT2D eigenvalue weighted by Crippen LogP contribution is -2.58. The van der Waals surface area contributed by atoms with Crippen LogP contribution in [0.2, 0.25) is 0 Å². The van der Waals surface area contributed by atoms with Crippen LogP contribution in [0.3, 0.4) is 0 Å². The molecule has 28 heavy (non-hydrogen) atoms. The van der Waals surface area contributed by atoms with E-state index in [0.717, 1.165) is 22.9 Å². The number of benzene rings is 1. The zero-order chi connectivity index (χ0) is 19.7. The van der Waals surface area contributed by atoms with Crippen LogP contribution in [0.4, 0.5) is 0 Å². The first-order chi connectivity index (χ1) is 13.6. The largest absolute Gasteiger partial charge is 0.394 e.